The van der Waals surface area contributed by atoms with Crippen LogP contribution in [0.3, 0.4) is 0 Å². The van der Waals surface area contributed by atoms with Gasteiger partial charge in [0.25, 0.3) is 0 Å². The summed E-state index contributed by atoms with van der Waals surface area (Å²) in [6.45, 7) is 1.87. The molecule has 0 fully saturated rings. The molecule has 4 aromatic rings. The molecule has 0 saturated carbocycles. The van der Waals surface area contributed by atoms with Crippen LogP contribution < -0.4 is 15.0 Å². The van der Waals surface area contributed by atoms with Crippen molar-refractivity contribution in [2.24, 2.45) is 0 Å². The van der Waals surface area contributed by atoms with E-state index in [0.717, 1.165) is 39.3 Å². The summed E-state index contributed by atoms with van der Waals surface area (Å²) in [5, 5.41) is 4.36. The lowest BCUT2D eigenvalue weighted by Gasteiger charge is -2.21. The maximum Gasteiger partial charge on any atom is 0.224 e. The van der Waals surface area contributed by atoms with Crippen LogP contribution in [0.15, 0.2) is 60.8 Å². The number of carbonyl (C=O) groups is 1. The number of aromatic nitrogens is 3. The molecular weight excluding hydrogens is 414 g/mol. The highest BCUT2D eigenvalue weighted by atomic mass is 16.5. The number of carbonyl (C=O) groups excluding carboxylic acids is 1. The molecule has 2 heterocycles. The number of fused-ring (bicyclic) bond motifs is 1. The molecule has 2 aromatic carbocycles. The van der Waals surface area contributed by atoms with E-state index in [0.29, 0.717) is 12.2 Å². The van der Waals surface area contributed by atoms with E-state index < -0.39 is 0 Å². The molecular formula is C26H29N5O2. The second kappa shape index (κ2) is 9.73. The van der Waals surface area contributed by atoms with Crippen molar-refractivity contribution >= 4 is 22.6 Å². The standard InChI is InChI=1S/C26H29N5O2/c1-17-28-24(15-25(29-17)31(2)3)23(14-19-16-27-22-8-6-5-7-21(19)22)30-26(32)13-18-9-11-20(33-4)12-10-18/h5-12,15-16,23,27H,13-14H2,1-4H3,(H,30,32)/t23-/m0/s1. The molecule has 170 valence electrons. The number of hydrogen-bond donors (Lipinski definition) is 2. The minimum atomic E-state index is -0.296. The van der Waals surface area contributed by atoms with Crippen molar-refractivity contribution in [3.8, 4) is 5.75 Å². The molecule has 0 radical (unpaired) electrons. The smallest absolute Gasteiger partial charge is 0.224 e. The van der Waals surface area contributed by atoms with Gasteiger partial charge in [0.1, 0.15) is 17.4 Å². The SMILES string of the molecule is COc1ccc(CC(=O)N[C@@H](Cc2c[nH]c3ccccc23)c2cc(N(C)C)nc(C)n2)cc1. The van der Waals surface area contributed by atoms with Gasteiger partial charge in [-0.15, -0.1) is 0 Å². The number of aryl methyl sites for hydroxylation is 1. The molecule has 0 aliphatic carbocycles. The molecule has 7 nitrogen and oxygen atoms in total. The van der Waals surface area contributed by atoms with E-state index in [1.54, 1.807) is 7.11 Å². The first-order valence-corrected chi connectivity index (χ1v) is 10.9. The van der Waals surface area contributed by atoms with Gasteiger partial charge in [0, 0.05) is 43.7 Å². The molecule has 0 bridgehead atoms. The Labute approximate surface area is 193 Å². The third-order valence-corrected chi connectivity index (χ3v) is 5.62. The van der Waals surface area contributed by atoms with Gasteiger partial charge in [0.2, 0.25) is 5.91 Å². The third-order valence-electron chi connectivity index (χ3n) is 5.62. The van der Waals surface area contributed by atoms with Crippen LogP contribution in [0.1, 0.15) is 28.7 Å². The minimum Gasteiger partial charge on any atom is -0.497 e. The first-order valence-electron chi connectivity index (χ1n) is 10.9. The summed E-state index contributed by atoms with van der Waals surface area (Å²) in [5.74, 6) is 2.19. The van der Waals surface area contributed by atoms with Crippen molar-refractivity contribution in [2.45, 2.75) is 25.8 Å². The number of rotatable bonds is 8. The maximum atomic E-state index is 13.0. The Bertz CT molecular complexity index is 1250. The number of nitrogens with zero attached hydrogens (tertiary/aromatic N) is 3. The number of methoxy groups -OCH3 is 1. The van der Waals surface area contributed by atoms with Crippen LogP contribution in [-0.4, -0.2) is 42.1 Å². The Hall–Kier alpha value is -3.87. The number of para-hydroxylation sites is 1. The molecule has 0 spiro atoms. The van der Waals surface area contributed by atoms with E-state index in [4.69, 9.17) is 4.74 Å². The number of H-pyrrole nitrogens is 1. The largest absolute Gasteiger partial charge is 0.497 e. The summed E-state index contributed by atoms with van der Waals surface area (Å²) < 4.78 is 5.21. The van der Waals surface area contributed by atoms with Crippen molar-refractivity contribution in [3.05, 3.63) is 83.4 Å². The van der Waals surface area contributed by atoms with E-state index >= 15 is 0 Å². The number of nitrogens with one attached hydrogen (secondary N) is 2. The third kappa shape index (κ3) is 5.31. The topological polar surface area (TPSA) is 83.1 Å². The quantitative estimate of drug-likeness (QED) is 0.430. The lowest BCUT2D eigenvalue weighted by atomic mass is 10.0. The van der Waals surface area contributed by atoms with E-state index in [2.05, 4.69) is 32.4 Å². The van der Waals surface area contributed by atoms with E-state index in [1.165, 1.54) is 0 Å². The van der Waals surface area contributed by atoms with Crippen molar-refractivity contribution in [2.75, 3.05) is 26.1 Å². The van der Waals surface area contributed by atoms with E-state index in [9.17, 15) is 4.79 Å². The van der Waals surface area contributed by atoms with Gasteiger partial charge in [-0.05, 0) is 36.2 Å². The Morgan fingerprint density at radius 2 is 1.88 bits per heavy atom. The molecule has 0 saturated heterocycles. The minimum absolute atomic E-state index is 0.0623. The van der Waals surface area contributed by atoms with Gasteiger partial charge < -0.3 is 19.9 Å². The second-order valence-electron chi connectivity index (χ2n) is 8.30. The fourth-order valence-electron chi connectivity index (χ4n) is 3.91. The monoisotopic (exact) mass is 443 g/mol. The van der Waals surface area contributed by atoms with Crippen LogP contribution in [0.5, 0.6) is 5.75 Å². The Kier molecular flexibility index (Phi) is 6.58. The molecule has 2 N–H and O–H groups in total. The van der Waals surface area contributed by atoms with Crippen LogP contribution in [0, 0.1) is 6.92 Å². The molecule has 7 heteroatoms. The number of amides is 1. The zero-order chi connectivity index (χ0) is 23.4. The normalized spacial score (nSPS) is 11.9. The van der Waals surface area contributed by atoms with Gasteiger partial charge in [-0.3, -0.25) is 4.79 Å². The van der Waals surface area contributed by atoms with Crippen molar-refractivity contribution < 1.29 is 9.53 Å². The predicted molar refractivity (Wildman–Crippen MR) is 131 cm³/mol. The fourth-order valence-corrected chi connectivity index (χ4v) is 3.91. The van der Waals surface area contributed by atoms with Gasteiger partial charge >= 0.3 is 0 Å². The molecule has 1 amide bonds. The number of benzene rings is 2. The first kappa shape index (κ1) is 22.3. The average Bonchev–Trinajstić information content (AvgIpc) is 3.21. The number of aromatic amines is 1. The predicted octanol–water partition coefficient (Wildman–Crippen LogP) is 3.98. The fraction of sp³-hybridized carbons (Fsp3) is 0.269. The van der Waals surface area contributed by atoms with Crippen LogP contribution >= 0.6 is 0 Å². The van der Waals surface area contributed by atoms with Crippen LogP contribution in [-0.2, 0) is 17.6 Å². The van der Waals surface area contributed by atoms with Crippen molar-refractivity contribution in [1.29, 1.82) is 0 Å². The highest BCUT2D eigenvalue weighted by Gasteiger charge is 2.20. The van der Waals surface area contributed by atoms with Gasteiger partial charge in [-0.1, -0.05) is 30.3 Å². The summed E-state index contributed by atoms with van der Waals surface area (Å²) in [7, 11) is 5.52. The molecule has 1 atom stereocenters. The van der Waals surface area contributed by atoms with Crippen LogP contribution in [0.2, 0.25) is 0 Å². The Morgan fingerprint density at radius 3 is 2.61 bits per heavy atom. The lowest BCUT2D eigenvalue weighted by molar-refractivity contribution is -0.121. The van der Waals surface area contributed by atoms with Crippen molar-refractivity contribution in [1.82, 2.24) is 20.3 Å². The summed E-state index contributed by atoms with van der Waals surface area (Å²) >= 11 is 0. The first-order chi connectivity index (χ1) is 15.9. The van der Waals surface area contributed by atoms with Gasteiger partial charge in [-0.2, -0.15) is 0 Å². The zero-order valence-electron chi connectivity index (χ0n) is 19.4. The second-order valence-corrected chi connectivity index (χ2v) is 8.30. The van der Waals surface area contributed by atoms with E-state index in [1.807, 2.05) is 74.6 Å². The summed E-state index contributed by atoms with van der Waals surface area (Å²) in [4.78, 5) is 27.5. The highest BCUT2D eigenvalue weighted by molar-refractivity contribution is 5.83. The van der Waals surface area contributed by atoms with Gasteiger partial charge in [0.15, 0.2) is 0 Å². The molecule has 0 aliphatic rings. The van der Waals surface area contributed by atoms with Gasteiger partial charge in [0.05, 0.1) is 25.3 Å². The number of hydrogen-bond acceptors (Lipinski definition) is 5. The Balaban J connectivity index is 1.62. The van der Waals surface area contributed by atoms with Crippen LogP contribution in [0.4, 0.5) is 5.82 Å². The molecule has 2 aromatic heterocycles. The highest BCUT2D eigenvalue weighted by Crippen LogP contribution is 2.25. The summed E-state index contributed by atoms with van der Waals surface area (Å²) in [6, 6.07) is 17.4. The number of ether oxygens (including phenoxy) is 1. The molecule has 4 rings (SSSR count). The Morgan fingerprint density at radius 1 is 1.12 bits per heavy atom. The zero-order valence-corrected chi connectivity index (χ0v) is 19.4. The van der Waals surface area contributed by atoms with E-state index in [-0.39, 0.29) is 18.4 Å². The summed E-state index contributed by atoms with van der Waals surface area (Å²) in [5.41, 5.74) is 3.92. The number of anilines is 1. The molecule has 0 aliphatic heterocycles. The average molecular weight is 444 g/mol. The molecule has 33 heavy (non-hydrogen) atoms. The molecule has 0 unspecified atom stereocenters. The van der Waals surface area contributed by atoms with Crippen molar-refractivity contribution in [3.63, 3.8) is 0 Å². The maximum absolute atomic E-state index is 13.0. The summed E-state index contributed by atoms with van der Waals surface area (Å²) in [6.07, 6.45) is 2.90. The lowest BCUT2D eigenvalue weighted by Crippen LogP contribution is -2.32. The van der Waals surface area contributed by atoms with Gasteiger partial charge in [-0.25, -0.2) is 9.97 Å². The van der Waals surface area contributed by atoms with Crippen LogP contribution in [0.25, 0.3) is 10.9 Å².